The van der Waals surface area contributed by atoms with Crippen molar-refractivity contribution >= 4 is 32.8 Å². The summed E-state index contributed by atoms with van der Waals surface area (Å²) in [5.41, 5.74) is 7.84. The maximum absolute atomic E-state index is 4.90. The number of nitrogens with zero attached hydrogens (tertiary/aromatic N) is 3. The van der Waals surface area contributed by atoms with Gasteiger partial charge in [0.25, 0.3) is 5.82 Å². The number of benzene rings is 3. The van der Waals surface area contributed by atoms with Crippen molar-refractivity contribution in [3.05, 3.63) is 77.4 Å². The third-order valence-corrected chi connectivity index (χ3v) is 5.69. The van der Waals surface area contributed by atoms with Gasteiger partial charge in [-0.2, -0.15) is 0 Å². The molecule has 0 aliphatic carbocycles. The Morgan fingerprint density at radius 3 is 2.54 bits per heavy atom. The van der Waals surface area contributed by atoms with Crippen LogP contribution in [0.2, 0.25) is 0 Å². The maximum atomic E-state index is 4.90. The fraction of sp³-hybridized carbons (Fsp3) is 0.208. The van der Waals surface area contributed by atoms with Crippen molar-refractivity contribution in [2.75, 3.05) is 0 Å². The van der Waals surface area contributed by atoms with Crippen LogP contribution in [0.1, 0.15) is 22.6 Å². The van der Waals surface area contributed by atoms with E-state index in [-0.39, 0.29) is 0 Å². The summed E-state index contributed by atoms with van der Waals surface area (Å²) in [6.07, 6.45) is 3.67. The molecule has 0 fully saturated rings. The lowest BCUT2D eigenvalue weighted by molar-refractivity contribution is -0.652. The van der Waals surface area contributed by atoms with Gasteiger partial charge in [0.05, 0.1) is 30.2 Å². The van der Waals surface area contributed by atoms with Crippen molar-refractivity contribution in [1.82, 2.24) is 15.0 Å². The normalized spacial score (nSPS) is 11.7. The van der Waals surface area contributed by atoms with E-state index in [9.17, 15) is 0 Å². The second kappa shape index (κ2) is 6.41. The van der Waals surface area contributed by atoms with Crippen molar-refractivity contribution in [3.8, 4) is 0 Å². The van der Waals surface area contributed by atoms with Gasteiger partial charge >= 0.3 is 0 Å². The van der Waals surface area contributed by atoms with Crippen LogP contribution in [-0.4, -0.2) is 15.0 Å². The Hall–Kier alpha value is -3.27. The predicted molar refractivity (Wildman–Crippen MR) is 113 cm³/mol. The minimum Gasteiger partial charge on any atom is -0.252 e. The number of aromatic amines is 1. The third-order valence-electron chi connectivity index (χ3n) is 5.69. The van der Waals surface area contributed by atoms with Crippen LogP contribution >= 0.6 is 0 Å². The van der Waals surface area contributed by atoms with Crippen LogP contribution in [0.15, 0.2) is 54.7 Å². The number of fused-ring (bicyclic) bond motifs is 4. The average Bonchev–Trinajstić information content (AvgIpc) is 3.05. The number of imidazole rings is 1. The molecule has 5 aromatic rings. The molecular weight excluding hydrogens is 344 g/mol. The summed E-state index contributed by atoms with van der Waals surface area (Å²) < 4.78 is 2.28. The Morgan fingerprint density at radius 2 is 1.68 bits per heavy atom. The van der Waals surface area contributed by atoms with Gasteiger partial charge in [0.15, 0.2) is 11.0 Å². The Balaban J connectivity index is 1.51. The first-order valence-corrected chi connectivity index (χ1v) is 9.72. The zero-order valence-electron chi connectivity index (χ0n) is 16.5. The molecule has 0 unspecified atom stereocenters. The first-order chi connectivity index (χ1) is 13.6. The molecular formula is C24H23N4+. The highest BCUT2D eigenvalue weighted by Crippen LogP contribution is 2.23. The predicted octanol–water partition coefficient (Wildman–Crippen LogP) is 4.49. The fourth-order valence-electron chi connectivity index (χ4n) is 4.09. The molecule has 0 aliphatic heterocycles. The van der Waals surface area contributed by atoms with Crippen molar-refractivity contribution in [3.63, 3.8) is 0 Å². The number of H-pyrrole nitrogens is 1. The second-order valence-electron chi connectivity index (χ2n) is 7.57. The SMILES string of the molecule is Cc1ccc(C)c2nc(CCc3[nH]c4ccc5ccccc5c4[n+]3C)cnc12. The molecule has 0 bridgehead atoms. The van der Waals surface area contributed by atoms with Crippen LogP contribution in [0.3, 0.4) is 0 Å². The second-order valence-corrected chi connectivity index (χ2v) is 7.57. The molecule has 2 aromatic heterocycles. The number of nitrogens with one attached hydrogen (secondary N) is 1. The lowest BCUT2D eigenvalue weighted by Crippen LogP contribution is -2.32. The van der Waals surface area contributed by atoms with E-state index < -0.39 is 0 Å². The first kappa shape index (κ1) is 16.9. The highest BCUT2D eigenvalue weighted by molar-refractivity contribution is 6.02. The summed E-state index contributed by atoms with van der Waals surface area (Å²) in [4.78, 5) is 13.2. The lowest BCUT2D eigenvalue weighted by atomic mass is 10.1. The van der Waals surface area contributed by atoms with Crippen LogP contribution in [-0.2, 0) is 19.9 Å². The van der Waals surface area contributed by atoms with Gasteiger partial charge in [0.1, 0.15) is 0 Å². The highest BCUT2D eigenvalue weighted by atomic mass is 15.1. The molecule has 138 valence electrons. The number of aromatic nitrogens is 4. The van der Waals surface area contributed by atoms with Crippen LogP contribution in [0, 0.1) is 13.8 Å². The Kier molecular flexibility index (Phi) is 3.86. The Morgan fingerprint density at radius 1 is 0.893 bits per heavy atom. The molecule has 1 N–H and O–H groups in total. The van der Waals surface area contributed by atoms with Gasteiger partial charge in [0.2, 0.25) is 0 Å². The molecule has 0 amide bonds. The van der Waals surface area contributed by atoms with Crippen LogP contribution < -0.4 is 4.57 Å². The van der Waals surface area contributed by atoms with Gasteiger partial charge < -0.3 is 0 Å². The average molecular weight is 367 g/mol. The zero-order valence-corrected chi connectivity index (χ0v) is 16.5. The molecule has 0 aliphatic rings. The third kappa shape index (κ3) is 2.64. The Bertz CT molecular complexity index is 1350. The van der Waals surface area contributed by atoms with E-state index in [1.807, 2.05) is 6.20 Å². The zero-order chi connectivity index (χ0) is 19.3. The van der Waals surface area contributed by atoms with Crippen molar-refractivity contribution in [1.29, 1.82) is 0 Å². The van der Waals surface area contributed by atoms with Gasteiger partial charge in [-0.15, -0.1) is 0 Å². The molecule has 3 aromatic carbocycles. The standard InChI is InChI=1S/C24H22N4/c1-15-8-9-16(2)23-22(15)25-14-18(26-23)11-13-21-27-20-12-10-17-6-4-5-7-19(17)24(20)28(21)3/h4-10,12,14H,11,13H2,1-3H3/p+1. The smallest absolute Gasteiger partial charge is 0.252 e. The van der Waals surface area contributed by atoms with E-state index >= 15 is 0 Å². The van der Waals surface area contributed by atoms with Gasteiger partial charge in [-0.05, 0) is 48.6 Å². The van der Waals surface area contributed by atoms with Crippen LogP contribution in [0.25, 0.3) is 32.8 Å². The van der Waals surface area contributed by atoms with Gasteiger partial charge in [-0.1, -0.05) is 30.3 Å². The number of rotatable bonds is 3. The molecule has 5 rings (SSSR count). The molecule has 28 heavy (non-hydrogen) atoms. The van der Waals surface area contributed by atoms with Crippen molar-refractivity contribution in [2.45, 2.75) is 26.7 Å². The summed E-state index contributed by atoms with van der Waals surface area (Å²) in [6, 6.07) is 17.1. The molecule has 0 radical (unpaired) electrons. The minimum atomic E-state index is 0.856. The quantitative estimate of drug-likeness (QED) is 0.478. The van der Waals surface area contributed by atoms with Crippen molar-refractivity contribution < 1.29 is 4.57 Å². The molecule has 0 spiro atoms. The number of hydrogen-bond donors (Lipinski definition) is 1. The monoisotopic (exact) mass is 367 g/mol. The van der Waals surface area contributed by atoms with E-state index in [1.165, 1.54) is 38.8 Å². The van der Waals surface area contributed by atoms with Gasteiger partial charge in [0, 0.05) is 18.0 Å². The summed E-state index contributed by atoms with van der Waals surface area (Å²) in [6.45, 7) is 4.19. The highest BCUT2D eigenvalue weighted by Gasteiger charge is 2.18. The molecule has 0 saturated carbocycles. The summed E-state index contributed by atoms with van der Waals surface area (Å²) in [5.74, 6) is 1.20. The summed E-state index contributed by atoms with van der Waals surface area (Å²) in [7, 11) is 2.14. The number of hydrogen-bond acceptors (Lipinski definition) is 2. The fourth-order valence-corrected chi connectivity index (χ4v) is 4.09. The Labute approximate surface area is 163 Å². The first-order valence-electron chi connectivity index (χ1n) is 9.72. The molecule has 2 heterocycles. The summed E-state index contributed by atoms with van der Waals surface area (Å²) in [5, 5.41) is 2.55. The van der Waals surface area contributed by atoms with Gasteiger partial charge in [-0.25, -0.2) is 14.5 Å². The lowest BCUT2D eigenvalue weighted by Gasteiger charge is -2.06. The summed E-state index contributed by atoms with van der Waals surface area (Å²) >= 11 is 0. The number of aryl methyl sites for hydroxylation is 5. The minimum absolute atomic E-state index is 0.856. The van der Waals surface area contributed by atoms with Crippen LogP contribution in [0.4, 0.5) is 0 Å². The van der Waals surface area contributed by atoms with E-state index in [4.69, 9.17) is 4.98 Å². The van der Waals surface area contributed by atoms with E-state index in [0.29, 0.717) is 0 Å². The maximum Gasteiger partial charge on any atom is 0.255 e. The van der Waals surface area contributed by atoms with Crippen molar-refractivity contribution in [2.24, 2.45) is 7.05 Å². The van der Waals surface area contributed by atoms with E-state index in [1.54, 1.807) is 0 Å². The van der Waals surface area contributed by atoms with Gasteiger partial charge in [-0.3, -0.25) is 4.98 Å². The van der Waals surface area contributed by atoms with E-state index in [2.05, 4.69) is 84.0 Å². The molecule has 4 nitrogen and oxygen atoms in total. The molecule has 0 atom stereocenters. The molecule has 4 heteroatoms. The largest absolute Gasteiger partial charge is 0.255 e. The van der Waals surface area contributed by atoms with Crippen LogP contribution in [0.5, 0.6) is 0 Å². The molecule has 0 saturated heterocycles. The topological polar surface area (TPSA) is 45.5 Å². The van der Waals surface area contributed by atoms with E-state index in [0.717, 1.165) is 29.6 Å².